The molecule has 1 N–H and O–H groups in total. The molecule has 0 aliphatic carbocycles. The first-order valence-electron chi connectivity index (χ1n) is 4.90. The van der Waals surface area contributed by atoms with Crippen LogP contribution in [0.4, 0.5) is 0 Å². The molecular formula is C11H16ClNOS. The van der Waals surface area contributed by atoms with Crippen LogP contribution in [0, 0.1) is 0 Å². The standard InChI is InChI=1S/C11H15NOS.ClH/c1-13-10-4-2-3-5-11(10)14-9-6-7-12-8-9;/h2-5,9,12H,6-8H2,1H3;1H/t9-;/m1./s1. The molecule has 1 saturated heterocycles. The molecular weight excluding hydrogens is 230 g/mol. The van der Waals surface area contributed by atoms with Crippen LogP contribution >= 0.6 is 24.2 Å². The van der Waals surface area contributed by atoms with Crippen molar-refractivity contribution in [3.05, 3.63) is 24.3 Å². The molecule has 2 rings (SSSR count). The van der Waals surface area contributed by atoms with E-state index in [0.29, 0.717) is 5.25 Å². The molecule has 84 valence electrons. The molecule has 1 aromatic carbocycles. The Morgan fingerprint density at radius 3 is 2.87 bits per heavy atom. The van der Waals surface area contributed by atoms with Crippen LogP contribution in [0.3, 0.4) is 0 Å². The van der Waals surface area contributed by atoms with Crippen molar-refractivity contribution in [1.29, 1.82) is 0 Å². The third kappa shape index (κ3) is 3.30. The SMILES string of the molecule is COc1ccccc1S[C@@H]1CCNC1.Cl. The summed E-state index contributed by atoms with van der Waals surface area (Å²) in [6.45, 7) is 2.26. The molecule has 0 unspecified atom stereocenters. The van der Waals surface area contributed by atoms with Gasteiger partial charge in [0.25, 0.3) is 0 Å². The van der Waals surface area contributed by atoms with Gasteiger partial charge in [0.2, 0.25) is 0 Å². The lowest BCUT2D eigenvalue weighted by Crippen LogP contribution is -2.10. The van der Waals surface area contributed by atoms with Gasteiger partial charge in [0.1, 0.15) is 5.75 Å². The second-order valence-electron chi connectivity index (χ2n) is 3.38. The van der Waals surface area contributed by atoms with Crippen molar-refractivity contribution in [3.63, 3.8) is 0 Å². The molecule has 1 fully saturated rings. The van der Waals surface area contributed by atoms with Crippen molar-refractivity contribution in [2.45, 2.75) is 16.6 Å². The molecule has 0 aromatic heterocycles. The second kappa shape index (κ2) is 6.26. The van der Waals surface area contributed by atoms with Gasteiger partial charge in [-0.3, -0.25) is 0 Å². The number of para-hydroxylation sites is 1. The summed E-state index contributed by atoms with van der Waals surface area (Å²) < 4.78 is 5.31. The summed E-state index contributed by atoms with van der Waals surface area (Å²) in [5, 5.41) is 4.07. The Morgan fingerprint density at radius 2 is 2.20 bits per heavy atom. The fourth-order valence-corrected chi connectivity index (χ4v) is 2.85. The normalized spacial score (nSPS) is 19.7. The number of rotatable bonds is 3. The average Bonchev–Trinajstić information content (AvgIpc) is 2.71. The van der Waals surface area contributed by atoms with E-state index in [-0.39, 0.29) is 12.4 Å². The van der Waals surface area contributed by atoms with Crippen LogP contribution in [0.25, 0.3) is 0 Å². The number of hydrogen-bond acceptors (Lipinski definition) is 3. The van der Waals surface area contributed by atoms with E-state index in [1.807, 2.05) is 23.9 Å². The molecule has 1 aromatic rings. The van der Waals surface area contributed by atoms with E-state index in [9.17, 15) is 0 Å². The van der Waals surface area contributed by atoms with Gasteiger partial charge in [0.15, 0.2) is 0 Å². The van der Waals surface area contributed by atoms with E-state index >= 15 is 0 Å². The number of nitrogens with one attached hydrogen (secondary N) is 1. The predicted octanol–water partition coefficient (Wildman–Crippen LogP) is 2.57. The quantitative estimate of drug-likeness (QED) is 0.885. The van der Waals surface area contributed by atoms with Crippen LogP contribution in [0.15, 0.2) is 29.2 Å². The number of thioether (sulfide) groups is 1. The molecule has 1 atom stereocenters. The van der Waals surface area contributed by atoms with Gasteiger partial charge >= 0.3 is 0 Å². The van der Waals surface area contributed by atoms with Gasteiger partial charge in [-0.1, -0.05) is 12.1 Å². The molecule has 4 heteroatoms. The minimum Gasteiger partial charge on any atom is -0.496 e. The third-order valence-corrected chi connectivity index (χ3v) is 3.70. The van der Waals surface area contributed by atoms with Gasteiger partial charge in [0.05, 0.1) is 7.11 Å². The zero-order valence-corrected chi connectivity index (χ0v) is 10.4. The first-order chi connectivity index (χ1) is 6.90. The van der Waals surface area contributed by atoms with E-state index in [2.05, 4.69) is 17.4 Å². The van der Waals surface area contributed by atoms with Crippen molar-refractivity contribution >= 4 is 24.2 Å². The van der Waals surface area contributed by atoms with E-state index in [1.54, 1.807) is 7.11 Å². The minimum atomic E-state index is 0. The summed E-state index contributed by atoms with van der Waals surface area (Å²) in [7, 11) is 1.73. The highest BCUT2D eigenvalue weighted by Gasteiger charge is 2.16. The van der Waals surface area contributed by atoms with Gasteiger partial charge < -0.3 is 10.1 Å². The molecule has 1 aliphatic rings. The zero-order valence-electron chi connectivity index (χ0n) is 8.73. The van der Waals surface area contributed by atoms with Crippen LogP contribution in [-0.2, 0) is 0 Å². The van der Waals surface area contributed by atoms with Crippen LogP contribution < -0.4 is 10.1 Å². The molecule has 0 bridgehead atoms. The largest absolute Gasteiger partial charge is 0.496 e. The van der Waals surface area contributed by atoms with Crippen molar-refractivity contribution < 1.29 is 4.74 Å². The van der Waals surface area contributed by atoms with Crippen LogP contribution in [0.2, 0.25) is 0 Å². The Morgan fingerprint density at radius 1 is 1.40 bits per heavy atom. The predicted molar refractivity (Wildman–Crippen MR) is 67.4 cm³/mol. The van der Waals surface area contributed by atoms with Gasteiger partial charge in [0, 0.05) is 16.7 Å². The maximum Gasteiger partial charge on any atom is 0.132 e. The highest BCUT2D eigenvalue weighted by molar-refractivity contribution is 8.00. The third-order valence-electron chi connectivity index (χ3n) is 2.38. The molecule has 1 heterocycles. The van der Waals surface area contributed by atoms with Crippen molar-refractivity contribution in [2.24, 2.45) is 0 Å². The Balaban J connectivity index is 0.00000112. The Kier molecular flexibility index (Phi) is 5.29. The summed E-state index contributed by atoms with van der Waals surface area (Å²) in [5.74, 6) is 0.990. The van der Waals surface area contributed by atoms with E-state index in [0.717, 1.165) is 18.8 Å². The molecule has 0 spiro atoms. The maximum absolute atomic E-state index is 5.31. The number of benzene rings is 1. The fourth-order valence-electron chi connectivity index (χ4n) is 1.62. The Hall–Kier alpha value is -0.380. The van der Waals surface area contributed by atoms with Crippen molar-refractivity contribution in [2.75, 3.05) is 20.2 Å². The molecule has 0 radical (unpaired) electrons. The number of hydrogen-bond donors (Lipinski definition) is 1. The Labute approximate surface area is 101 Å². The highest BCUT2D eigenvalue weighted by atomic mass is 35.5. The fraction of sp³-hybridized carbons (Fsp3) is 0.455. The summed E-state index contributed by atoms with van der Waals surface area (Å²) in [6, 6.07) is 8.22. The van der Waals surface area contributed by atoms with E-state index in [4.69, 9.17) is 4.74 Å². The van der Waals surface area contributed by atoms with E-state index in [1.165, 1.54) is 11.3 Å². The lowest BCUT2D eigenvalue weighted by Gasteiger charge is -2.11. The van der Waals surface area contributed by atoms with Crippen molar-refractivity contribution in [3.8, 4) is 5.75 Å². The first kappa shape index (κ1) is 12.7. The molecule has 15 heavy (non-hydrogen) atoms. The monoisotopic (exact) mass is 245 g/mol. The molecule has 0 saturated carbocycles. The molecule has 1 aliphatic heterocycles. The lowest BCUT2D eigenvalue weighted by molar-refractivity contribution is 0.404. The molecule has 0 amide bonds. The second-order valence-corrected chi connectivity index (χ2v) is 4.73. The van der Waals surface area contributed by atoms with Gasteiger partial charge in [-0.15, -0.1) is 24.2 Å². The Bertz CT molecular complexity index is 302. The van der Waals surface area contributed by atoms with Gasteiger partial charge in [-0.2, -0.15) is 0 Å². The average molecular weight is 246 g/mol. The minimum absolute atomic E-state index is 0. The van der Waals surface area contributed by atoms with E-state index < -0.39 is 0 Å². The molecule has 2 nitrogen and oxygen atoms in total. The van der Waals surface area contributed by atoms with Gasteiger partial charge in [-0.05, 0) is 25.1 Å². The topological polar surface area (TPSA) is 21.3 Å². The van der Waals surface area contributed by atoms with Gasteiger partial charge in [-0.25, -0.2) is 0 Å². The van der Waals surface area contributed by atoms with Crippen LogP contribution in [0.1, 0.15) is 6.42 Å². The first-order valence-corrected chi connectivity index (χ1v) is 5.78. The number of ether oxygens (including phenoxy) is 1. The summed E-state index contributed by atoms with van der Waals surface area (Å²) >= 11 is 1.91. The summed E-state index contributed by atoms with van der Waals surface area (Å²) in [5.41, 5.74) is 0. The maximum atomic E-state index is 5.31. The van der Waals surface area contributed by atoms with Crippen LogP contribution in [-0.4, -0.2) is 25.4 Å². The number of halogens is 1. The smallest absolute Gasteiger partial charge is 0.132 e. The highest BCUT2D eigenvalue weighted by Crippen LogP contribution is 2.33. The summed E-state index contributed by atoms with van der Waals surface area (Å²) in [6.07, 6.45) is 1.25. The van der Waals surface area contributed by atoms with Crippen LogP contribution in [0.5, 0.6) is 5.75 Å². The van der Waals surface area contributed by atoms with Crippen molar-refractivity contribution in [1.82, 2.24) is 5.32 Å². The number of methoxy groups -OCH3 is 1. The zero-order chi connectivity index (χ0) is 9.80. The lowest BCUT2D eigenvalue weighted by atomic mass is 10.3. The summed E-state index contributed by atoms with van der Waals surface area (Å²) in [4.78, 5) is 1.25.